The van der Waals surface area contributed by atoms with E-state index in [0.717, 1.165) is 19.3 Å². The summed E-state index contributed by atoms with van der Waals surface area (Å²) in [6.45, 7) is 2.10. The molecule has 0 bridgehead atoms. The molecule has 1 aromatic heterocycles. The van der Waals surface area contributed by atoms with Crippen molar-refractivity contribution < 1.29 is 4.79 Å². The summed E-state index contributed by atoms with van der Waals surface area (Å²) in [7, 11) is 0. The molecular formula is C12H14N3O2-. The Hall–Kier alpha value is -1.91. The molecule has 0 amide bonds. The molecule has 0 radical (unpaired) electrons. The summed E-state index contributed by atoms with van der Waals surface area (Å²) in [4.78, 5) is 12.3. The number of benzene rings is 1. The van der Waals surface area contributed by atoms with Crippen molar-refractivity contribution in [2.24, 2.45) is 0 Å². The van der Waals surface area contributed by atoms with Gasteiger partial charge in [-0.05, 0) is 24.6 Å². The van der Waals surface area contributed by atoms with E-state index < -0.39 is 0 Å². The van der Waals surface area contributed by atoms with Crippen molar-refractivity contribution in [2.75, 3.05) is 0 Å². The van der Waals surface area contributed by atoms with E-state index in [0.29, 0.717) is 27.9 Å². The maximum atomic E-state index is 11.8. The number of hydrogen-bond acceptors (Lipinski definition) is 4. The zero-order valence-corrected chi connectivity index (χ0v) is 9.72. The number of fused-ring (bicyclic) bond motifs is 1. The first-order valence-electron chi connectivity index (χ1n) is 5.78. The van der Waals surface area contributed by atoms with Gasteiger partial charge in [-0.2, -0.15) is 0 Å². The molecule has 2 aromatic rings. The summed E-state index contributed by atoms with van der Waals surface area (Å²) in [5.74, 6) is 0.0709. The minimum atomic E-state index is 0.0709. The van der Waals surface area contributed by atoms with Crippen LogP contribution in [0.2, 0.25) is 0 Å². The number of ketones is 1. The maximum absolute atomic E-state index is 11.8. The predicted molar refractivity (Wildman–Crippen MR) is 64.8 cm³/mol. The lowest BCUT2D eigenvalue weighted by Gasteiger charge is -2.04. The highest BCUT2D eigenvalue weighted by Crippen LogP contribution is 2.15. The van der Waals surface area contributed by atoms with Gasteiger partial charge in [0.2, 0.25) is 0 Å². The van der Waals surface area contributed by atoms with E-state index >= 15 is 0 Å². The Morgan fingerprint density at radius 3 is 3.00 bits per heavy atom. The quantitative estimate of drug-likeness (QED) is 0.586. The van der Waals surface area contributed by atoms with Gasteiger partial charge in [0.1, 0.15) is 5.52 Å². The molecule has 0 aliphatic rings. The van der Waals surface area contributed by atoms with E-state index in [1.807, 2.05) is 0 Å². The molecule has 0 saturated heterocycles. The van der Waals surface area contributed by atoms with Crippen LogP contribution in [0.4, 0.5) is 0 Å². The zero-order chi connectivity index (χ0) is 12.3. The van der Waals surface area contributed by atoms with Gasteiger partial charge in [0.25, 0.3) is 0 Å². The summed E-state index contributed by atoms with van der Waals surface area (Å²) in [5.41, 5.74) is 1.43. The van der Waals surface area contributed by atoms with Crippen molar-refractivity contribution in [3.05, 3.63) is 29.0 Å². The highest BCUT2D eigenvalue weighted by Gasteiger charge is 2.08. The predicted octanol–water partition coefficient (Wildman–Crippen LogP) is 2.54. The Kier molecular flexibility index (Phi) is 3.37. The smallest absolute Gasteiger partial charge is 0.162 e. The molecule has 5 heteroatoms. The lowest BCUT2D eigenvalue weighted by Crippen LogP contribution is -1.99. The van der Waals surface area contributed by atoms with Crippen LogP contribution in [0.25, 0.3) is 11.0 Å². The summed E-state index contributed by atoms with van der Waals surface area (Å²) in [6.07, 6.45) is 3.56. The van der Waals surface area contributed by atoms with Gasteiger partial charge < -0.3 is 5.21 Å². The molecule has 0 N–H and O–H groups in total. The standard InChI is InChI=1S/C12H14N3O2/c1-2-3-4-5-12(16)9-6-7-10-11(8-9)15(17)14-13-10/h6-8H,2-5H2,1H3/q-1. The number of hydrogen-bond donors (Lipinski definition) is 0. The first-order valence-corrected chi connectivity index (χ1v) is 5.78. The Balaban J connectivity index is 2.17. The van der Waals surface area contributed by atoms with E-state index in [9.17, 15) is 10.0 Å². The van der Waals surface area contributed by atoms with Crippen LogP contribution >= 0.6 is 0 Å². The van der Waals surface area contributed by atoms with Gasteiger partial charge in [0, 0.05) is 12.0 Å². The first kappa shape index (κ1) is 11.6. The van der Waals surface area contributed by atoms with E-state index in [2.05, 4.69) is 17.2 Å². The molecule has 0 aliphatic carbocycles. The van der Waals surface area contributed by atoms with Gasteiger partial charge in [-0.15, -0.1) is 5.10 Å². The first-order chi connectivity index (χ1) is 8.22. The third-order valence-electron chi connectivity index (χ3n) is 2.74. The SMILES string of the molecule is CCCCCC(=O)c1ccc2nnn([O-])c2c1. The van der Waals surface area contributed by atoms with E-state index in [4.69, 9.17) is 0 Å². The molecule has 1 heterocycles. The van der Waals surface area contributed by atoms with Crippen LogP contribution in [0, 0.1) is 5.21 Å². The van der Waals surface area contributed by atoms with E-state index in [-0.39, 0.29) is 5.78 Å². The van der Waals surface area contributed by atoms with Crippen LogP contribution in [0.5, 0.6) is 0 Å². The monoisotopic (exact) mass is 232 g/mol. The molecule has 0 atom stereocenters. The number of Topliss-reactive ketones (excluding diaryl/α,β-unsaturated/α-hetero) is 1. The molecule has 0 aliphatic heterocycles. The summed E-state index contributed by atoms with van der Waals surface area (Å²) in [5, 5.41) is 18.3. The average Bonchev–Trinajstić information content (AvgIpc) is 2.71. The number of aromatic nitrogens is 3. The Morgan fingerprint density at radius 2 is 2.24 bits per heavy atom. The van der Waals surface area contributed by atoms with Crippen molar-refractivity contribution >= 4 is 16.8 Å². The van der Waals surface area contributed by atoms with Gasteiger partial charge in [-0.25, -0.2) is 0 Å². The highest BCUT2D eigenvalue weighted by molar-refractivity contribution is 5.98. The molecular weight excluding hydrogens is 218 g/mol. The van der Waals surface area contributed by atoms with Crippen molar-refractivity contribution in [1.82, 2.24) is 15.2 Å². The summed E-state index contributed by atoms with van der Waals surface area (Å²) in [6, 6.07) is 4.92. The van der Waals surface area contributed by atoms with Gasteiger partial charge in [0.15, 0.2) is 5.78 Å². The molecule has 0 fully saturated rings. The number of unbranched alkanes of at least 4 members (excludes halogenated alkanes) is 2. The van der Waals surface area contributed by atoms with Crippen molar-refractivity contribution in [2.45, 2.75) is 32.6 Å². The third kappa shape index (κ3) is 2.43. The molecule has 5 nitrogen and oxygen atoms in total. The Labute approximate surface area is 99.0 Å². The minimum Gasteiger partial charge on any atom is -0.789 e. The van der Waals surface area contributed by atoms with E-state index in [1.165, 1.54) is 0 Å². The second-order valence-electron chi connectivity index (χ2n) is 4.05. The topological polar surface area (TPSA) is 70.8 Å². The number of rotatable bonds is 5. The fraction of sp³-hybridized carbons (Fsp3) is 0.417. The summed E-state index contributed by atoms with van der Waals surface area (Å²) >= 11 is 0. The van der Waals surface area contributed by atoms with Crippen molar-refractivity contribution in [3.8, 4) is 0 Å². The molecule has 90 valence electrons. The van der Waals surface area contributed by atoms with Gasteiger partial charge in [-0.3, -0.25) is 9.64 Å². The van der Waals surface area contributed by atoms with Crippen LogP contribution in [0.3, 0.4) is 0 Å². The normalized spacial score (nSPS) is 10.9. The fourth-order valence-corrected chi connectivity index (χ4v) is 1.75. The van der Waals surface area contributed by atoms with Crippen LogP contribution < -0.4 is 0 Å². The molecule has 2 rings (SSSR count). The van der Waals surface area contributed by atoms with Gasteiger partial charge in [0.05, 0.1) is 5.52 Å². The van der Waals surface area contributed by atoms with Gasteiger partial charge in [-0.1, -0.05) is 25.0 Å². The van der Waals surface area contributed by atoms with Crippen LogP contribution in [0.1, 0.15) is 43.0 Å². The van der Waals surface area contributed by atoms with Crippen LogP contribution in [-0.2, 0) is 0 Å². The lowest BCUT2D eigenvalue weighted by molar-refractivity contribution is 0.0979. The van der Waals surface area contributed by atoms with Crippen LogP contribution in [0.15, 0.2) is 18.2 Å². The Morgan fingerprint density at radius 1 is 1.41 bits per heavy atom. The number of carbonyl (C=O) groups is 1. The second kappa shape index (κ2) is 4.95. The van der Waals surface area contributed by atoms with Crippen molar-refractivity contribution in [1.29, 1.82) is 0 Å². The fourth-order valence-electron chi connectivity index (χ4n) is 1.75. The second-order valence-corrected chi connectivity index (χ2v) is 4.05. The number of carbonyl (C=O) groups excluding carboxylic acids is 1. The summed E-state index contributed by atoms with van der Waals surface area (Å²) < 4.78 is 0. The maximum Gasteiger partial charge on any atom is 0.162 e. The van der Waals surface area contributed by atoms with E-state index in [1.54, 1.807) is 18.2 Å². The molecule has 0 saturated carbocycles. The molecule has 0 unspecified atom stereocenters. The average molecular weight is 232 g/mol. The third-order valence-corrected chi connectivity index (χ3v) is 2.74. The lowest BCUT2D eigenvalue weighted by atomic mass is 10.0. The Bertz CT molecular complexity index is 534. The molecule has 1 aromatic carbocycles. The van der Waals surface area contributed by atoms with Crippen molar-refractivity contribution in [3.63, 3.8) is 0 Å². The van der Waals surface area contributed by atoms with Gasteiger partial charge >= 0.3 is 0 Å². The largest absolute Gasteiger partial charge is 0.789 e. The minimum absolute atomic E-state index is 0.0709. The number of nitrogens with zero attached hydrogens (tertiary/aromatic N) is 3. The van der Waals surface area contributed by atoms with Crippen LogP contribution in [-0.4, -0.2) is 20.9 Å². The zero-order valence-electron chi connectivity index (χ0n) is 9.72. The molecule has 17 heavy (non-hydrogen) atoms. The molecule has 0 spiro atoms. The highest BCUT2D eigenvalue weighted by atomic mass is 16.5.